The molecular formula is C28H36N4O2. The zero-order valence-corrected chi connectivity index (χ0v) is 20.6. The number of nitrogens with zero attached hydrogens (tertiary/aromatic N) is 3. The number of carbonyl (C=O) groups excluding carboxylic acids is 1. The molecule has 0 saturated carbocycles. The zero-order chi connectivity index (χ0) is 23.9. The molecule has 1 aliphatic heterocycles. The van der Waals surface area contributed by atoms with Gasteiger partial charge in [0.2, 0.25) is 5.91 Å². The Morgan fingerprint density at radius 1 is 1.03 bits per heavy atom. The normalized spacial score (nSPS) is 15.1. The number of carbonyl (C=O) groups is 1. The van der Waals surface area contributed by atoms with Crippen LogP contribution >= 0.6 is 0 Å². The minimum absolute atomic E-state index is 0.0850. The molecule has 34 heavy (non-hydrogen) atoms. The molecule has 1 aliphatic rings. The molecule has 4 rings (SSSR count). The summed E-state index contributed by atoms with van der Waals surface area (Å²) in [6.07, 6.45) is 4.85. The van der Waals surface area contributed by atoms with Crippen molar-refractivity contribution in [3.63, 3.8) is 0 Å². The van der Waals surface area contributed by atoms with Crippen molar-refractivity contribution in [3.05, 3.63) is 77.1 Å². The third kappa shape index (κ3) is 5.68. The van der Waals surface area contributed by atoms with Crippen LogP contribution in [0.5, 0.6) is 5.75 Å². The second-order valence-electron chi connectivity index (χ2n) is 9.09. The first-order chi connectivity index (χ1) is 16.6. The van der Waals surface area contributed by atoms with Gasteiger partial charge in [0.15, 0.2) is 0 Å². The Morgan fingerprint density at radius 3 is 2.41 bits per heavy atom. The van der Waals surface area contributed by atoms with Crippen molar-refractivity contribution in [2.45, 2.75) is 52.0 Å². The molecule has 180 valence electrons. The lowest BCUT2D eigenvalue weighted by Crippen LogP contribution is -2.40. The van der Waals surface area contributed by atoms with Crippen LogP contribution in [0.3, 0.4) is 0 Å². The van der Waals surface area contributed by atoms with Crippen LogP contribution in [0.15, 0.2) is 54.6 Å². The van der Waals surface area contributed by atoms with E-state index in [0.29, 0.717) is 19.4 Å². The number of methoxy groups -OCH3 is 1. The highest BCUT2D eigenvalue weighted by atomic mass is 16.5. The maximum atomic E-state index is 12.9. The Hall–Kier alpha value is -3.12. The minimum Gasteiger partial charge on any atom is -0.497 e. The average molecular weight is 461 g/mol. The fourth-order valence-corrected chi connectivity index (χ4v) is 4.91. The van der Waals surface area contributed by atoms with E-state index in [1.807, 2.05) is 41.9 Å². The Kier molecular flexibility index (Phi) is 8.01. The monoisotopic (exact) mass is 460 g/mol. The van der Waals surface area contributed by atoms with Gasteiger partial charge in [0.05, 0.1) is 24.5 Å². The SMILES string of the molecule is COc1ccc(C(CNC(=O)CCc2c(C)nn(-c3ccccc3)c2C)N2CCCCC2)cc1. The van der Waals surface area contributed by atoms with Gasteiger partial charge in [0, 0.05) is 18.7 Å². The first-order valence-corrected chi connectivity index (χ1v) is 12.3. The van der Waals surface area contributed by atoms with Crippen LogP contribution in [0.1, 0.15) is 54.2 Å². The third-order valence-corrected chi connectivity index (χ3v) is 6.87. The number of para-hydroxylation sites is 1. The van der Waals surface area contributed by atoms with Crippen molar-refractivity contribution in [3.8, 4) is 11.4 Å². The molecule has 1 fully saturated rings. The summed E-state index contributed by atoms with van der Waals surface area (Å²) in [5.41, 5.74) is 5.50. The van der Waals surface area contributed by atoms with Gasteiger partial charge in [-0.1, -0.05) is 36.8 Å². The van der Waals surface area contributed by atoms with Crippen LogP contribution in [0.2, 0.25) is 0 Å². The smallest absolute Gasteiger partial charge is 0.220 e. The molecule has 1 atom stereocenters. The van der Waals surface area contributed by atoms with Crippen molar-refractivity contribution in [1.29, 1.82) is 0 Å². The Morgan fingerprint density at radius 2 is 1.74 bits per heavy atom. The molecule has 1 amide bonds. The molecule has 0 bridgehead atoms. The number of benzene rings is 2. The van der Waals surface area contributed by atoms with Gasteiger partial charge in [0.1, 0.15) is 5.75 Å². The minimum atomic E-state index is 0.0850. The van der Waals surface area contributed by atoms with Gasteiger partial charge in [0.25, 0.3) is 0 Å². The topological polar surface area (TPSA) is 59.4 Å². The van der Waals surface area contributed by atoms with E-state index in [4.69, 9.17) is 9.84 Å². The lowest BCUT2D eigenvalue weighted by Gasteiger charge is -2.35. The molecule has 1 unspecified atom stereocenters. The number of hydrogen-bond acceptors (Lipinski definition) is 4. The molecule has 1 aromatic heterocycles. The molecule has 1 saturated heterocycles. The Bertz CT molecular complexity index is 1070. The molecular weight excluding hydrogens is 424 g/mol. The number of likely N-dealkylation sites (tertiary alicyclic amines) is 1. The van der Waals surface area contributed by atoms with E-state index in [-0.39, 0.29) is 11.9 Å². The highest BCUT2D eigenvalue weighted by Crippen LogP contribution is 2.26. The number of rotatable bonds is 9. The van der Waals surface area contributed by atoms with Crippen molar-refractivity contribution >= 4 is 5.91 Å². The fourth-order valence-electron chi connectivity index (χ4n) is 4.91. The number of aromatic nitrogens is 2. The number of nitrogens with one attached hydrogen (secondary N) is 1. The summed E-state index contributed by atoms with van der Waals surface area (Å²) >= 11 is 0. The van der Waals surface area contributed by atoms with E-state index in [9.17, 15) is 4.79 Å². The molecule has 0 aliphatic carbocycles. The summed E-state index contributed by atoms with van der Waals surface area (Å²) in [5.74, 6) is 0.939. The van der Waals surface area contributed by atoms with E-state index in [1.54, 1.807) is 7.11 Å². The predicted molar refractivity (Wildman–Crippen MR) is 136 cm³/mol. The van der Waals surface area contributed by atoms with Crippen molar-refractivity contribution in [1.82, 2.24) is 20.0 Å². The highest BCUT2D eigenvalue weighted by Gasteiger charge is 2.23. The van der Waals surface area contributed by atoms with Crippen LogP contribution in [0.4, 0.5) is 0 Å². The first-order valence-electron chi connectivity index (χ1n) is 12.3. The number of hydrogen-bond donors (Lipinski definition) is 1. The van der Waals surface area contributed by atoms with Gasteiger partial charge in [-0.05, 0) is 81.6 Å². The van der Waals surface area contributed by atoms with E-state index in [0.717, 1.165) is 41.5 Å². The molecule has 3 aromatic rings. The van der Waals surface area contributed by atoms with Crippen molar-refractivity contribution in [2.75, 3.05) is 26.7 Å². The summed E-state index contributed by atoms with van der Waals surface area (Å²) in [6, 6.07) is 18.6. The quantitative estimate of drug-likeness (QED) is 0.500. The maximum Gasteiger partial charge on any atom is 0.220 e. The average Bonchev–Trinajstić information content (AvgIpc) is 3.17. The van der Waals surface area contributed by atoms with Gasteiger partial charge < -0.3 is 10.1 Å². The molecule has 1 N–H and O–H groups in total. The second kappa shape index (κ2) is 11.3. The van der Waals surface area contributed by atoms with E-state index < -0.39 is 0 Å². The van der Waals surface area contributed by atoms with Gasteiger partial charge in [-0.2, -0.15) is 5.10 Å². The van der Waals surface area contributed by atoms with Crippen molar-refractivity contribution < 1.29 is 9.53 Å². The standard InChI is InChI=1S/C28H36N4O2/c1-21-26(22(2)32(30-21)24-10-6-4-7-11-24)16-17-28(33)29-20-27(31-18-8-5-9-19-31)23-12-14-25(34-3)15-13-23/h4,6-7,10-15,27H,5,8-9,16-20H2,1-3H3,(H,29,33). The molecule has 2 heterocycles. The summed E-state index contributed by atoms with van der Waals surface area (Å²) in [5, 5.41) is 7.93. The van der Waals surface area contributed by atoms with Crippen molar-refractivity contribution in [2.24, 2.45) is 0 Å². The molecule has 0 spiro atoms. The number of ether oxygens (including phenoxy) is 1. The summed E-state index contributed by atoms with van der Waals surface area (Å²) in [4.78, 5) is 15.4. The summed E-state index contributed by atoms with van der Waals surface area (Å²) in [6.45, 7) is 6.87. The van der Waals surface area contributed by atoms with Gasteiger partial charge >= 0.3 is 0 Å². The third-order valence-electron chi connectivity index (χ3n) is 6.87. The zero-order valence-electron chi connectivity index (χ0n) is 20.6. The lowest BCUT2D eigenvalue weighted by atomic mass is 10.0. The predicted octanol–water partition coefficient (Wildman–Crippen LogP) is 4.77. The molecule has 0 radical (unpaired) electrons. The van der Waals surface area contributed by atoms with Gasteiger partial charge in [-0.15, -0.1) is 0 Å². The van der Waals surface area contributed by atoms with Crippen LogP contribution in [0, 0.1) is 13.8 Å². The van der Waals surface area contributed by atoms with E-state index in [1.165, 1.54) is 24.8 Å². The van der Waals surface area contributed by atoms with Crippen LogP contribution in [0.25, 0.3) is 5.69 Å². The summed E-state index contributed by atoms with van der Waals surface area (Å²) in [7, 11) is 1.68. The highest BCUT2D eigenvalue weighted by molar-refractivity contribution is 5.76. The fraction of sp³-hybridized carbons (Fsp3) is 0.429. The second-order valence-corrected chi connectivity index (χ2v) is 9.09. The largest absolute Gasteiger partial charge is 0.497 e. The maximum absolute atomic E-state index is 12.9. The number of aryl methyl sites for hydroxylation is 1. The van der Waals surface area contributed by atoms with E-state index in [2.05, 4.69) is 41.4 Å². The van der Waals surface area contributed by atoms with Crippen LogP contribution in [-0.2, 0) is 11.2 Å². The van der Waals surface area contributed by atoms with E-state index >= 15 is 0 Å². The lowest BCUT2D eigenvalue weighted by molar-refractivity contribution is -0.121. The first kappa shape index (κ1) is 24.0. The number of amides is 1. The van der Waals surface area contributed by atoms with Crippen LogP contribution < -0.4 is 10.1 Å². The van der Waals surface area contributed by atoms with Gasteiger partial charge in [-0.3, -0.25) is 9.69 Å². The Labute approximate surface area is 202 Å². The Balaban J connectivity index is 1.39. The molecule has 6 heteroatoms. The summed E-state index contributed by atoms with van der Waals surface area (Å²) < 4.78 is 7.30. The molecule has 2 aromatic carbocycles. The van der Waals surface area contributed by atoms with Crippen LogP contribution in [-0.4, -0.2) is 47.3 Å². The number of piperidine rings is 1. The van der Waals surface area contributed by atoms with Gasteiger partial charge in [-0.25, -0.2) is 4.68 Å². The molecule has 6 nitrogen and oxygen atoms in total.